The number of anilines is 1. The number of pyridine rings is 1. The quantitative estimate of drug-likeness (QED) is 0.644. The Kier molecular flexibility index (Phi) is 3.64. The summed E-state index contributed by atoms with van der Waals surface area (Å²) in [4.78, 5) is 7.29. The zero-order valence-corrected chi connectivity index (χ0v) is 16.4. The van der Waals surface area contributed by atoms with Gasteiger partial charge in [0.25, 0.3) is 0 Å². The van der Waals surface area contributed by atoms with Crippen molar-refractivity contribution >= 4 is 22.5 Å². The van der Waals surface area contributed by atoms with Crippen molar-refractivity contribution in [3.05, 3.63) is 41.0 Å². The average Bonchev–Trinajstić information content (AvgIpc) is 3.22. The van der Waals surface area contributed by atoms with Crippen LogP contribution in [0.4, 0.5) is 5.82 Å². The Bertz CT molecular complexity index is 1180. The maximum absolute atomic E-state index is 10.0. The van der Waals surface area contributed by atoms with Crippen LogP contribution in [0.15, 0.2) is 24.3 Å². The van der Waals surface area contributed by atoms with E-state index < -0.39 is 0 Å². The van der Waals surface area contributed by atoms with Gasteiger partial charge in [0.05, 0.1) is 22.7 Å². The van der Waals surface area contributed by atoms with Crippen molar-refractivity contribution in [2.24, 2.45) is 11.3 Å². The second-order valence-electron chi connectivity index (χ2n) is 8.94. The fourth-order valence-corrected chi connectivity index (χ4v) is 5.03. The van der Waals surface area contributed by atoms with E-state index in [0.717, 1.165) is 61.0 Å². The lowest BCUT2D eigenvalue weighted by atomic mass is 9.90. The largest absolute Gasteiger partial charge is 0.357 e. The smallest absolute Gasteiger partial charge is 0.157 e. The Morgan fingerprint density at radius 3 is 2.50 bits per heavy atom. The second-order valence-corrected chi connectivity index (χ2v) is 8.94. The molecule has 28 heavy (non-hydrogen) atoms. The van der Waals surface area contributed by atoms with Gasteiger partial charge in [-0.05, 0) is 54.4 Å². The Morgan fingerprint density at radius 2 is 1.79 bits per heavy atom. The lowest BCUT2D eigenvalue weighted by molar-refractivity contribution is 0.392. The molecule has 0 atom stereocenters. The average molecular weight is 369 g/mol. The minimum atomic E-state index is 0.142. The lowest BCUT2D eigenvalue weighted by Crippen LogP contribution is -2.35. The molecular formula is C23H23N5. The predicted octanol–water partition coefficient (Wildman–Crippen LogP) is 4.22. The molecule has 1 saturated heterocycles. The second kappa shape index (κ2) is 5.97. The van der Waals surface area contributed by atoms with Crippen molar-refractivity contribution in [1.82, 2.24) is 9.38 Å². The first-order valence-electron chi connectivity index (χ1n) is 10.0. The molecular weight excluding hydrogens is 346 g/mol. The molecule has 0 N–H and O–H groups in total. The summed E-state index contributed by atoms with van der Waals surface area (Å²) in [5.74, 6) is 1.34. The van der Waals surface area contributed by atoms with E-state index >= 15 is 0 Å². The molecule has 2 aliphatic rings. The van der Waals surface area contributed by atoms with Crippen LogP contribution in [0, 0.1) is 34.0 Å². The van der Waals surface area contributed by atoms with Gasteiger partial charge in [-0.25, -0.2) is 4.98 Å². The van der Waals surface area contributed by atoms with E-state index in [1.807, 2.05) is 18.2 Å². The molecule has 1 fully saturated rings. The van der Waals surface area contributed by atoms with Crippen molar-refractivity contribution in [3.63, 3.8) is 0 Å². The molecule has 5 rings (SSSR count). The predicted molar refractivity (Wildman–Crippen MR) is 109 cm³/mol. The summed E-state index contributed by atoms with van der Waals surface area (Å²) in [6.45, 7) is 6.30. The van der Waals surface area contributed by atoms with E-state index in [1.165, 1.54) is 16.9 Å². The number of imidazole rings is 1. The standard InChI is InChI=1S/C23H23N5/c1-23(2)11-16-17(12-23)22(27-9-7-15(13-24)8-10-27)28-20-6-4-3-5-19(20)26-21(28)18(16)14-25/h3-6,15H,7-12H2,1-2H3. The number of benzene rings is 1. The molecule has 1 aromatic carbocycles. The number of hydrogen-bond donors (Lipinski definition) is 0. The summed E-state index contributed by atoms with van der Waals surface area (Å²) in [7, 11) is 0. The van der Waals surface area contributed by atoms with Gasteiger partial charge < -0.3 is 4.90 Å². The van der Waals surface area contributed by atoms with Crippen LogP contribution in [0.1, 0.15) is 43.4 Å². The van der Waals surface area contributed by atoms with Gasteiger partial charge in [-0.1, -0.05) is 26.0 Å². The summed E-state index contributed by atoms with van der Waals surface area (Å²) in [5.41, 5.74) is 6.10. The first-order chi connectivity index (χ1) is 13.5. The number of aromatic nitrogens is 2. The third kappa shape index (κ3) is 2.39. The number of hydrogen-bond acceptors (Lipinski definition) is 4. The molecule has 0 bridgehead atoms. The molecule has 0 radical (unpaired) electrons. The van der Waals surface area contributed by atoms with Crippen LogP contribution in [0.25, 0.3) is 16.7 Å². The van der Waals surface area contributed by atoms with Gasteiger partial charge in [-0.3, -0.25) is 4.40 Å². The minimum Gasteiger partial charge on any atom is -0.357 e. The van der Waals surface area contributed by atoms with Gasteiger partial charge in [0, 0.05) is 19.0 Å². The van der Waals surface area contributed by atoms with Gasteiger partial charge in [-0.15, -0.1) is 0 Å². The highest BCUT2D eigenvalue weighted by molar-refractivity contribution is 5.86. The van der Waals surface area contributed by atoms with E-state index in [-0.39, 0.29) is 11.3 Å². The fourth-order valence-electron chi connectivity index (χ4n) is 5.03. The van der Waals surface area contributed by atoms with Gasteiger partial charge in [0.15, 0.2) is 5.65 Å². The molecule has 2 aromatic heterocycles. The van der Waals surface area contributed by atoms with E-state index in [0.29, 0.717) is 0 Å². The van der Waals surface area contributed by atoms with Crippen molar-refractivity contribution in [3.8, 4) is 12.1 Å². The summed E-state index contributed by atoms with van der Waals surface area (Å²) < 4.78 is 2.21. The number of fused-ring (bicyclic) bond motifs is 4. The molecule has 140 valence electrons. The van der Waals surface area contributed by atoms with Crippen LogP contribution < -0.4 is 4.90 Å². The summed E-state index contributed by atoms with van der Waals surface area (Å²) >= 11 is 0. The maximum Gasteiger partial charge on any atom is 0.157 e. The number of para-hydroxylation sites is 2. The highest BCUT2D eigenvalue weighted by Gasteiger charge is 2.37. The minimum absolute atomic E-state index is 0.142. The van der Waals surface area contributed by atoms with E-state index in [4.69, 9.17) is 4.98 Å². The van der Waals surface area contributed by atoms with Crippen molar-refractivity contribution in [2.75, 3.05) is 18.0 Å². The van der Waals surface area contributed by atoms with Gasteiger partial charge in [0.1, 0.15) is 11.9 Å². The lowest BCUT2D eigenvalue weighted by Gasteiger charge is -2.33. The molecule has 5 heteroatoms. The van der Waals surface area contributed by atoms with Crippen LogP contribution in [0.5, 0.6) is 0 Å². The molecule has 5 nitrogen and oxygen atoms in total. The molecule has 0 amide bonds. The molecule has 0 spiro atoms. The third-order valence-corrected chi connectivity index (χ3v) is 6.33. The molecule has 3 heterocycles. The molecule has 3 aromatic rings. The van der Waals surface area contributed by atoms with Crippen LogP contribution in [0.3, 0.4) is 0 Å². The number of piperidine rings is 1. The molecule has 0 unspecified atom stereocenters. The Labute approximate surface area is 164 Å². The highest BCUT2D eigenvalue weighted by atomic mass is 15.2. The van der Waals surface area contributed by atoms with Gasteiger partial charge in [0.2, 0.25) is 0 Å². The Balaban J connectivity index is 1.83. The van der Waals surface area contributed by atoms with Crippen molar-refractivity contribution in [1.29, 1.82) is 10.5 Å². The zero-order chi connectivity index (χ0) is 19.5. The van der Waals surface area contributed by atoms with Crippen LogP contribution in [0.2, 0.25) is 0 Å². The van der Waals surface area contributed by atoms with E-state index in [9.17, 15) is 10.5 Å². The molecule has 1 aliphatic carbocycles. The summed E-state index contributed by atoms with van der Waals surface area (Å²) in [6.07, 6.45) is 3.66. The first kappa shape index (κ1) is 17.1. The van der Waals surface area contributed by atoms with Crippen molar-refractivity contribution < 1.29 is 0 Å². The number of rotatable bonds is 1. The summed E-state index contributed by atoms with van der Waals surface area (Å²) in [6, 6.07) is 13.0. The monoisotopic (exact) mass is 369 g/mol. The topological polar surface area (TPSA) is 68.1 Å². The van der Waals surface area contributed by atoms with Crippen molar-refractivity contribution in [2.45, 2.75) is 39.5 Å². The number of nitriles is 2. The Morgan fingerprint density at radius 1 is 1.07 bits per heavy atom. The summed E-state index contributed by atoms with van der Waals surface area (Å²) in [5, 5.41) is 19.3. The first-order valence-corrected chi connectivity index (χ1v) is 10.0. The van der Waals surface area contributed by atoms with Crippen LogP contribution >= 0.6 is 0 Å². The molecule has 0 saturated carbocycles. The normalized spacial score (nSPS) is 18.9. The number of nitrogens with zero attached hydrogens (tertiary/aromatic N) is 5. The van der Waals surface area contributed by atoms with E-state index in [2.05, 4.69) is 41.4 Å². The SMILES string of the molecule is CC1(C)Cc2c(c(N3CCC(C#N)CC3)n3c(nc4ccccc43)c2C#N)C1. The molecule has 1 aliphatic heterocycles. The van der Waals surface area contributed by atoms with Crippen LogP contribution in [-0.2, 0) is 12.8 Å². The fraction of sp³-hybridized carbons (Fsp3) is 0.435. The van der Waals surface area contributed by atoms with Gasteiger partial charge in [-0.2, -0.15) is 10.5 Å². The van der Waals surface area contributed by atoms with E-state index in [1.54, 1.807) is 0 Å². The maximum atomic E-state index is 10.0. The Hall–Kier alpha value is -3.05. The third-order valence-electron chi connectivity index (χ3n) is 6.33. The van der Waals surface area contributed by atoms with Gasteiger partial charge >= 0.3 is 0 Å². The highest BCUT2D eigenvalue weighted by Crippen LogP contribution is 2.45. The van der Waals surface area contributed by atoms with Crippen LogP contribution in [-0.4, -0.2) is 22.5 Å². The zero-order valence-electron chi connectivity index (χ0n) is 16.4.